The van der Waals surface area contributed by atoms with E-state index in [2.05, 4.69) is 15.0 Å². The highest BCUT2D eigenvalue weighted by Gasteiger charge is 2.80. The van der Waals surface area contributed by atoms with Crippen molar-refractivity contribution in [2.75, 3.05) is 5.73 Å². The summed E-state index contributed by atoms with van der Waals surface area (Å²) in [6, 6.07) is 4.77. The van der Waals surface area contributed by atoms with Crippen molar-refractivity contribution in [3.63, 3.8) is 0 Å². The van der Waals surface area contributed by atoms with E-state index in [1.165, 1.54) is 12.1 Å². The van der Waals surface area contributed by atoms with Crippen LogP contribution in [-0.4, -0.2) is 87.4 Å². The van der Waals surface area contributed by atoms with E-state index in [1.807, 2.05) is 0 Å². The molecular weight excluding hydrogens is 521 g/mol. The molecule has 194 valence electrons. The predicted molar refractivity (Wildman–Crippen MR) is 118 cm³/mol. The first-order chi connectivity index (χ1) is 17.4. The summed E-state index contributed by atoms with van der Waals surface area (Å²) in [5.41, 5.74) is 0.550. The van der Waals surface area contributed by atoms with E-state index in [-0.39, 0.29) is 33.4 Å². The van der Waals surface area contributed by atoms with Gasteiger partial charge in [0.15, 0.2) is 29.5 Å². The number of alkyl halides is 1. The molecule has 3 heterocycles. The van der Waals surface area contributed by atoms with Crippen molar-refractivity contribution in [2.24, 2.45) is 0 Å². The van der Waals surface area contributed by atoms with Gasteiger partial charge in [-0.25, -0.2) is 23.8 Å². The van der Waals surface area contributed by atoms with Crippen molar-refractivity contribution in [1.82, 2.24) is 19.5 Å². The van der Waals surface area contributed by atoms with E-state index < -0.39 is 60.1 Å². The smallest absolute Gasteiger partial charge is 0.348 e. The summed E-state index contributed by atoms with van der Waals surface area (Å²) in [4.78, 5) is 46.9. The van der Waals surface area contributed by atoms with Gasteiger partial charge >= 0.3 is 17.9 Å². The average Bonchev–Trinajstić information content (AvgIpc) is 3.07. The van der Waals surface area contributed by atoms with E-state index in [4.69, 9.17) is 31.9 Å². The monoisotopic (exact) mass is 537 g/mol. The number of carbonyl (C=O) groups is 3. The second-order valence-electron chi connectivity index (χ2n) is 8.59. The molecule has 2 fully saturated rings. The summed E-state index contributed by atoms with van der Waals surface area (Å²) in [5.74, 6) is -5.13. The van der Waals surface area contributed by atoms with Gasteiger partial charge in [0.1, 0.15) is 17.7 Å². The molecule has 2 aromatic heterocycles. The molecule has 37 heavy (non-hydrogen) atoms. The zero-order valence-corrected chi connectivity index (χ0v) is 19.1. The zero-order chi connectivity index (χ0) is 26.9. The minimum Gasteiger partial charge on any atom is -0.479 e. The Morgan fingerprint density at radius 1 is 1.19 bits per heavy atom. The molecule has 0 spiro atoms. The Bertz CT molecular complexity index is 1440. The van der Waals surface area contributed by atoms with Gasteiger partial charge in [0.2, 0.25) is 5.28 Å². The maximum absolute atomic E-state index is 15.5. The Kier molecular flexibility index (Phi) is 5.56. The summed E-state index contributed by atoms with van der Waals surface area (Å²) in [6.45, 7) is 0. The van der Waals surface area contributed by atoms with Crippen molar-refractivity contribution in [2.45, 2.75) is 42.2 Å². The third kappa shape index (κ3) is 3.66. The molecule has 1 saturated carbocycles. The molecule has 2 aliphatic rings. The molecule has 14 nitrogen and oxygen atoms in total. The van der Waals surface area contributed by atoms with Gasteiger partial charge in [0.05, 0.1) is 11.9 Å². The van der Waals surface area contributed by atoms with Crippen LogP contribution in [0.4, 0.5) is 10.2 Å². The Hall–Kier alpha value is -3.92. The lowest BCUT2D eigenvalue weighted by Crippen LogP contribution is -2.53. The number of carboxylic acid groups (broad SMARTS) is 3. The van der Waals surface area contributed by atoms with Gasteiger partial charge in [-0.3, -0.25) is 4.57 Å². The lowest BCUT2D eigenvalue weighted by molar-refractivity contribution is -0.194. The van der Waals surface area contributed by atoms with Crippen LogP contribution in [0.3, 0.4) is 0 Å². The molecule has 0 radical (unpaired) electrons. The number of aromatic carboxylic acids is 1. The van der Waals surface area contributed by atoms with Gasteiger partial charge < -0.3 is 35.6 Å². The van der Waals surface area contributed by atoms with Crippen LogP contribution >= 0.6 is 11.6 Å². The second-order valence-corrected chi connectivity index (χ2v) is 8.93. The summed E-state index contributed by atoms with van der Waals surface area (Å²) in [7, 11) is 0. The topological polar surface area (TPSA) is 220 Å². The Morgan fingerprint density at radius 3 is 2.38 bits per heavy atom. The van der Waals surface area contributed by atoms with Gasteiger partial charge in [-0.1, -0.05) is 12.1 Å². The number of hydrogen-bond acceptors (Lipinski definition) is 10. The van der Waals surface area contributed by atoms with Crippen LogP contribution in [0.25, 0.3) is 11.2 Å². The molecule has 5 rings (SSSR count). The number of aliphatic carboxylic acids is 2. The maximum Gasteiger partial charge on any atom is 0.348 e. The van der Waals surface area contributed by atoms with Gasteiger partial charge in [-0.15, -0.1) is 0 Å². The van der Waals surface area contributed by atoms with Crippen molar-refractivity contribution in [3.8, 4) is 0 Å². The highest BCUT2D eigenvalue weighted by atomic mass is 35.5. The molecule has 5 atom stereocenters. The number of aromatic nitrogens is 4. The van der Waals surface area contributed by atoms with Crippen LogP contribution in [0, 0.1) is 0 Å². The Labute approximate surface area is 210 Å². The molecule has 1 saturated heterocycles. The molecule has 3 aromatic rings. The Morgan fingerprint density at radius 2 is 1.84 bits per heavy atom. The van der Waals surface area contributed by atoms with E-state index >= 15 is 4.39 Å². The van der Waals surface area contributed by atoms with E-state index in [0.717, 1.165) is 23.0 Å². The number of hydrogen-bond donors (Lipinski definition) is 5. The third-order valence-electron chi connectivity index (χ3n) is 6.42. The van der Waals surface area contributed by atoms with Crippen molar-refractivity contribution < 1.29 is 48.7 Å². The fraction of sp³-hybridized carbons (Fsp3) is 0.333. The second kappa shape index (κ2) is 8.31. The van der Waals surface area contributed by atoms with Crippen LogP contribution in [0.1, 0.15) is 22.1 Å². The molecule has 0 amide bonds. The minimum atomic E-state index is -2.94. The normalized spacial score (nSPS) is 26.7. The van der Waals surface area contributed by atoms with E-state index in [0.29, 0.717) is 0 Å². The molecule has 5 unspecified atom stereocenters. The average molecular weight is 538 g/mol. The summed E-state index contributed by atoms with van der Waals surface area (Å²) in [6.07, 6.45) is -6.39. The highest BCUT2D eigenvalue weighted by Crippen LogP contribution is 2.58. The van der Waals surface area contributed by atoms with Gasteiger partial charge in [0.25, 0.3) is 5.60 Å². The van der Waals surface area contributed by atoms with Gasteiger partial charge in [0, 0.05) is 6.42 Å². The standard InChI is InChI=1S/C21H17ClFN5O9/c22-19-26-13(24)9-14(27-19)28(6-25-9)15-10(23)21(35)11(36-15)12(21)37-20(17(31)32,18(33)34)5-7-1-3-8(4-2-7)16(29)30/h1-4,6,10-12,15,35H,5H2,(H,29,30)(H,31,32)(H,33,34)(H2,24,26,27). The number of nitrogens with zero attached hydrogens (tertiary/aromatic N) is 4. The van der Waals surface area contributed by atoms with Crippen LogP contribution in [0.15, 0.2) is 30.6 Å². The summed E-state index contributed by atoms with van der Waals surface area (Å²) >= 11 is 5.82. The zero-order valence-electron chi connectivity index (χ0n) is 18.4. The molecule has 6 N–H and O–H groups in total. The SMILES string of the molecule is Nc1nc(Cl)nc2c1ncn2C1OC2C(OC(Cc3ccc(C(=O)O)cc3)(C(=O)O)C(=O)O)C2(O)C1F. The fourth-order valence-corrected chi connectivity index (χ4v) is 4.56. The number of anilines is 1. The van der Waals surface area contributed by atoms with Crippen molar-refractivity contribution in [3.05, 3.63) is 47.0 Å². The first-order valence-electron chi connectivity index (χ1n) is 10.5. The van der Waals surface area contributed by atoms with Gasteiger partial charge in [-0.05, 0) is 29.3 Å². The number of nitrogens with two attached hydrogens (primary N) is 1. The number of halogens is 2. The molecular formula is C21H17ClFN5O9. The summed E-state index contributed by atoms with van der Waals surface area (Å²) < 4.78 is 27.6. The van der Waals surface area contributed by atoms with Crippen LogP contribution in [0.5, 0.6) is 0 Å². The highest BCUT2D eigenvalue weighted by molar-refractivity contribution is 6.28. The number of nitrogen functional groups attached to an aromatic ring is 1. The van der Waals surface area contributed by atoms with Crippen molar-refractivity contribution >= 4 is 46.5 Å². The first-order valence-corrected chi connectivity index (χ1v) is 10.9. The predicted octanol–water partition coefficient (Wildman–Crippen LogP) is 0.276. The largest absolute Gasteiger partial charge is 0.479 e. The number of ether oxygens (including phenoxy) is 2. The van der Waals surface area contributed by atoms with Crippen LogP contribution in [0.2, 0.25) is 5.28 Å². The first kappa shape index (κ1) is 24.8. The number of aliphatic hydroxyl groups is 1. The number of imidazole rings is 1. The van der Waals surface area contributed by atoms with E-state index in [9.17, 15) is 29.7 Å². The number of rotatable bonds is 8. The molecule has 1 aliphatic heterocycles. The lowest BCUT2D eigenvalue weighted by atomic mass is 9.93. The number of benzene rings is 1. The fourth-order valence-electron chi connectivity index (χ4n) is 4.39. The Balaban J connectivity index is 1.40. The molecule has 1 aliphatic carbocycles. The minimum absolute atomic E-state index is 0.0164. The summed E-state index contributed by atoms with van der Waals surface area (Å²) in [5, 5.41) is 39.3. The number of carboxylic acids is 3. The van der Waals surface area contributed by atoms with E-state index in [1.54, 1.807) is 0 Å². The molecule has 1 aromatic carbocycles. The lowest BCUT2D eigenvalue weighted by Gasteiger charge is -2.28. The van der Waals surface area contributed by atoms with Crippen molar-refractivity contribution in [1.29, 1.82) is 0 Å². The number of fused-ring (bicyclic) bond motifs is 2. The van der Waals surface area contributed by atoms with Crippen LogP contribution in [-0.2, 0) is 25.5 Å². The third-order valence-corrected chi connectivity index (χ3v) is 6.59. The molecule has 16 heteroatoms. The quantitative estimate of drug-likeness (QED) is 0.192. The maximum atomic E-state index is 15.5. The van der Waals surface area contributed by atoms with Gasteiger partial charge in [-0.2, -0.15) is 9.97 Å². The molecule has 0 bridgehead atoms. The van der Waals surface area contributed by atoms with Crippen LogP contribution < -0.4 is 5.73 Å².